The molecule has 4 heteroatoms. The zero-order valence-electron chi connectivity index (χ0n) is 10.4. The lowest BCUT2D eigenvalue weighted by molar-refractivity contribution is 0.354. The van der Waals surface area contributed by atoms with Crippen LogP contribution in [0.15, 0.2) is 12.1 Å². The van der Waals surface area contributed by atoms with Crippen molar-refractivity contribution in [2.45, 2.75) is 31.2 Å². The topological polar surface area (TPSA) is 44.5 Å². The fraction of sp³-hybridized carbons (Fsp3) is 0.538. The number of methoxy groups -OCH3 is 2. The van der Waals surface area contributed by atoms with Gasteiger partial charge in [-0.3, -0.25) is 0 Å². The number of hydrogen-bond acceptors (Lipinski definition) is 3. The molecule has 17 heavy (non-hydrogen) atoms. The molecule has 0 heterocycles. The molecule has 94 valence electrons. The molecule has 3 nitrogen and oxygen atoms in total. The normalized spacial score (nSPS) is 18.6. The van der Waals surface area contributed by atoms with Gasteiger partial charge in [-0.25, -0.2) is 0 Å². The van der Waals surface area contributed by atoms with Crippen LogP contribution in [0.2, 0.25) is 5.02 Å². The second-order valence-electron chi connectivity index (χ2n) is 4.61. The summed E-state index contributed by atoms with van der Waals surface area (Å²) in [5, 5.41) is 0.627. The van der Waals surface area contributed by atoms with Gasteiger partial charge in [0.15, 0.2) is 11.5 Å². The fourth-order valence-corrected chi connectivity index (χ4v) is 2.80. The quantitative estimate of drug-likeness (QED) is 0.900. The van der Waals surface area contributed by atoms with Crippen LogP contribution < -0.4 is 15.2 Å². The molecular weight excluding hydrogens is 238 g/mol. The van der Waals surface area contributed by atoms with Crippen LogP contribution in [-0.4, -0.2) is 20.3 Å². The molecule has 1 atom stereocenters. The Morgan fingerprint density at radius 1 is 1.29 bits per heavy atom. The smallest absolute Gasteiger partial charge is 0.179 e. The van der Waals surface area contributed by atoms with Crippen molar-refractivity contribution in [2.24, 2.45) is 5.73 Å². The number of benzene rings is 1. The molecule has 0 bridgehead atoms. The minimum atomic E-state index is 0.0244. The van der Waals surface area contributed by atoms with E-state index in [4.69, 9.17) is 26.8 Å². The maximum Gasteiger partial charge on any atom is 0.179 e. The Hall–Kier alpha value is -0.930. The van der Waals surface area contributed by atoms with Gasteiger partial charge in [-0.05, 0) is 31.4 Å². The Balaban J connectivity index is 2.50. The van der Waals surface area contributed by atoms with Crippen molar-refractivity contribution in [1.82, 2.24) is 0 Å². The molecule has 2 rings (SSSR count). The average Bonchev–Trinajstić information content (AvgIpc) is 3.09. The maximum atomic E-state index is 6.40. The van der Waals surface area contributed by atoms with Crippen molar-refractivity contribution in [3.8, 4) is 11.5 Å². The number of nitrogens with two attached hydrogens (primary N) is 1. The van der Waals surface area contributed by atoms with Gasteiger partial charge in [0.25, 0.3) is 0 Å². The lowest BCUT2D eigenvalue weighted by Gasteiger charge is -2.23. The molecule has 1 unspecified atom stereocenters. The van der Waals surface area contributed by atoms with E-state index in [0.717, 1.165) is 18.4 Å². The molecule has 2 N–H and O–H groups in total. The molecule has 0 amide bonds. The number of rotatable bonds is 4. The Morgan fingerprint density at radius 3 is 2.35 bits per heavy atom. The van der Waals surface area contributed by atoms with Gasteiger partial charge in [-0.15, -0.1) is 0 Å². The molecule has 1 aromatic carbocycles. The van der Waals surface area contributed by atoms with Gasteiger partial charge >= 0.3 is 0 Å². The lowest BCUT2D eigenvalue weighted by Crippen LogP contribution is -2.31. The maximum absolute atomic E-state index is 6.40. The van der Waals surface area contributed by atoms with E-state index < -0.39 is 0 Å². The van der Waals surface area contributed by atoms with E-state index in [1.807, 2.05) is 19.1 Å². The van der Waals surface area contributed by atoms with Crippen LogP contribution in [0.3, 0.4) is 0 Å². The summed E-state index contributed by atoms with van der Waals surface area (Å²) in [4.78, 5) is 0. The SMILES string of the molecule is COc1ccc(C2(C(C)N)CC2)c(Cl)c1OC. The van der Waals surface area contributed by atoms with E-state index in [2.05, 4.69) is 0 Å². The van der Waals surface area contributed by atoms with Crippen molar-refractivity contribution in [3.05, 3.63) is 22.7 Å². The molecule has 0 radical (unpaired) electrons. The standard InChI is InChI=1S/C13H18ClNO2/c1-8(15)13(6-7-13)9-4-5-10(16-2)12(17-3)11(9)14/h4-5,8H,6-7,15H2,1-3H3. The summed E-state index contributed by atoms with van der Waals surface area (Å²) in [5.74, 6) is 1.25. The molecule has 0 aliphatic heterocycles. The summed E-state index contributed by atoms with van der Waals surface area (Å²) in [6.07, 6.45) is 2.17. The highest BCUT2D eigenvalue weighted by Crippen LogP contribution is 2.55. The van der Waals surface area contributed by atoms with Gasteiger partial charge in [0.05, 0.1) is 19.2 Å². The molecule has 0 aromatic heterocycles. The summed E-state index contributed by atoms with van der Waals surface area (Å²) in [5.41, 5.74) is 7.17. The minimum absolute atomic E-state index is 0.0244. The first-order valence-corrected chi connectivity index (χ1v) is 6.11. The third-order valence-electron chi connectivity index (χ3n) is 3.68. The summed E-state index contributed by atoms with van der Waals surface area (Å²) in [6, 6.07) is 3.99. The molecule has 1 saturated carbocycles. The molecular formula is C13H18ClNO2. The summed E-state index contributed by atoms with van der Waals surface area (Å²) in [7, 11) is 3.20. The molecule has 0 saturated heterocycles. The van der Waals surface area contributed by atoms with Crippen LogP contribution in [0.1, 0.15) is 25.3 Å². The molecule has 1 aliphatic carbocycles. The largest absolute Gasteiger partial charge is 0.493 e. The molecule has 0 spiro atoms. The van der Waals surface area contributed by atoms with Crippen molar-refractivity contribution < 1.29 is 9.47 Å². The predicted molar refractivity (Wildman–Crippen MR) is 69.1 cm³/mol. The first kappa shape index (κ1) is 12.5. The van der Waals surface area contributed by atoms with Crippen LogP contribution in [0.5, 0.6) is 11.5 Å². The highest BCUT2D eigenvalue weighted by Gasteiger charge is 2.49. The third-order valence-corrected chi connectivity index (χ3v) is 4.06. The van der Waals surface area contributed by atoms with E-state index in [1.165, 1.54) is 0 Å². The number of halogens is 1. The summed E-state index contributed by atoms with van der Waals surface area (Å²) >= 11 is 6.40. The average molecular weight is 256 g/mol. The zero-order chi connectivity index (χ0) is 12.6. The zero-order valence-corrected chi connectivity index (χ0v) is 11.2. The summed E-state index contributed by atoms with van der Waals surface area (Å²) < 4.78 is 10.5. The van der Waals surface area contributed by atoms with Gasteiger partial charge in [0, 0.05) is 11.5 Å². The first-order valence-electron chi connectivity index (χ1n) is 5.73. The number of hydrogen-bond donors (Lipinski definition) is 1. The second kappa shape index (κ2) is 4.39. The van der Waals surface area contributed by atoms with Crippen molar-refractivity contribution in [2.75, 3.05) is 14.2 Å². The predicted octanol–water partition coefficient (Wildman–Crippen LogP) is 2.74. The Morgan fingerprint density at radius 2 is 1.94 bits per heavy atom. The van der Waals surface area contributed by atoms with Gasteiger partial charge in [-0.2, -0.15) is 0 Å². The molecule has 1 aliphatic rings. The Labute approximate surface area is 107 Å². The van der Waals surface area contributed by atoms with E-state index in [1.54, 1.807) is 14.2 Å². The van der Waals surface area contributed by atoms with Crippen LogP contribution in [-0.2, 0) is 5.41 Å². The van der Waals surface area contributed by atoms with Gasteiger partial charge in [0.1, 0.15) is 0 Å². The summed E-state index contributed by atoms with van der Waals surface area (Å²) in [6.45, 7) is 2.03. The van der Waals surface area contributed by atoms with Gasteiger partial charge in [0.2, 0.25) is 0 Å². The Kier molecular flexibility index (Phi) is 3.23. The second-order valence-corrected chi connectivity index (χ2v) is 4.99. The van der Waals surface area contributed by atoms with Crippen molar-refractivity contribution >= 4 is 11.6 Å². The van der Waals surface area contributed by atoms with Gasteiger partial charge < -0.3 is 15.2 Å². The van der Waals surface area contributed by atoms with Crippen LogP contribution in [0.25, 0.3) is 0 Å². The van der Waals surface area contributed by atoms with E-state index >= 15 is 0 Å². The van der Waals surface area contributed by atoms with Crippen molar-refractivity contribution in [1.29, 1.82) is 0 Å². The third kappa shape index (κ3) is 1.87. The minimum Gasteiger partial charge on any atom is -0.493 e. The monoisotopic (exact) mass is 255 g/mol. The highest BCUT2D eigenvalue weighted by atomic mass is 35.5. The fourth-order valence-electron chi connectivity index (χ4n) is 2.38. The van der Waals surface area contributed by atoms with Crippen LogP contribution in [0, 0.1) is 0 Å². The van der Waals surface area contributed by atoms with E-state index in [-0.39, 0.29) is 11.5 Å². The van der Waals surface area contributed by atoms with E-state index in [0.29, 0.717) is 16.5 Å². The number of ether oxygens (including phenoxy) is 2. The Bertz CT molecular complexity index is 428. The van der Waals surface area contributed by atoms with Crippen LogP contribution >= 0.6 is 11.6 Å². The van der Waals surface area contributed by atoms with E-state index in [9.17, 15) is 0 Å². The van der Waals surface area contributed by atoms with Crippen LogP contribution in [0.4, 0.5) is 0 Å². The molecule has 1 fully saturated rings. The highest BCUT2D eigenvalue weighted by molar-refractivity contribution is 6.33. The first-order chi connectivity index (χ1) is 8.06. The van der Waals surface area contributed by atoms with Crippen molar-refractivity contribution in [3.63, 3.8) is 0 Å². The molecule has 1 aromatic rings. The lowest BCUT2D eigenvalue weighted by atomic mass is 9.89. The van der Waals surface area contributed by atoms with Gasteiger partial charge in [-0.1, -0.05) is 17.7 Å².